The van der Waals surface area contributed by atoms with Crippen molar-refractivity contribution in [3.8, 4) is 0 Å². The average molecular weight is 359 g/mol. The molecule has 0 bridgehead atoms. The van der Waals surface area contributed by atoms with Crippen LogP contribution in [0.1, 0.15) is 27.1 Å². The Hall–Kier alpha value is -3.89. The summed E-state index contributed by atoms with van der Waals surface area (Å²) in [5, 5.41) is 31.1. The molecule has 0 aliphatic carbocycles. The van der Waals surface area contributed by atoms with Crippen LogP contribution in [-0.2, 0) is 4.79 Å². The Bertz CT molecular complexity index is 960. The number of nitro benzene ring substituents is 2. The highest BCUT2D eigenvalue weighted by Gasteiger charge is 2.35. The molecule has 26 heavy (non-hydrogen) atoms. The van der Waals surface area contributed by atoms with Crippen molar-refractivity contribution < 1.29 is 29.3 Å². The number of aliphatic carboxylic acids is 1. The van der Waals surface area contributed by atoms with Crippen molar-refractivity contribution in [2.75, 3.05) is 6.54 Å². The van der Waals surface area contributed by atoms with Crippen molar-refractivity contribution in [2.24, 2.45) is 0 Å². The van der Waals surface area contributed by atoms with Crippen LogP contribution in [0.2, 0.25) is 0 Å². The van der Waals surface area contributed by atoms with E-state index in [1.807, 2.05) is 0 Å². The molecule has 0 unspecified atom stereocenters. The number of nitrogens with zero attached hydrogens (tertiary/aromatic N) is 3. The first kappa shape index (κ1) is 17.0. The van der Waals surface area contributed by atoms with Gasteiger partial charge >= 0.3 is 5.97 Å². The maximum atomic E-state index is 12.6. The van der Waals surface area contributed by atoms with Gasteiger partial charge in [0.25, 0.3) is 23.2 Å². The molecule has 0 fully saturated rings. The predicted molar refractivity (Wildman–Crippen MR) is 84.9 cm³/mol. The Kier molecular flexibility index (Phi) is 3.83. The summed E-state index contributed by atoms with van der Waals surface area (Å²) in [7, 11) is 0. The molecule has 1 aliphatic heterocycles. The first-order chi connectivity index (χ1) is 12.2. The zero-order valence-corrected chi connectivity index (χ0v) is 12.9. The number of carboxylic acids is 1. The number of carboxylic acid groups (broad SMARTS) is 1. The number of non-ortho nitro benzene ring substituents is 2. The molecule has 132 valence electrons. The first-order valence-corrected chi connectivity index (χ1v) is 7.19. The summed E-state index contributed by atoms with van der Waals surface area (Å²) in [6.07, 6.45) is -0.528. The van der Waals surface area contributed by atoms with E-state index >= 15 is 0 Å². The number of hydrogen-bond acceptors (Lipinski definition) is 7. The number of imide groups is 1. The monoisotopic (exact) mass is 359 g/mol. The molecular weight excluding hydrogens is 350 g/mol. The number of nitro groups is 2. The number of carbonyl (C=O) groups is 3. The summed E-state index contributed by atoms with van der Waals surface area (Å²) in [4.78, 5) is 57.2. The lowest BCUT2D eigenvalue weighted by Gasteiger charge is -2.26. The summed E-state index contributed by atoms with van der Waals surface area (Å²) >= 11 is 0. The van der Waals surface area contributed by atoms with E-state index in [-0.39, 0.29) is 21.9 Å². The van der Waals surface area contributed by atoms with Crippen molar-refractivity contribution in [3.05, 3.63) is 55.6 Å². The highest BCUT2D eigenvalue weighted by atomic mass is 16.6. The van der Waals surface area contributed by atoms with Crippen LogP contribution >= 0.6 is 0 Å². The fourth-order valence-corrected chi connectivity index (χ4v) is 2.83. The van der Waals surface area contributed by atoms with E-state index < -0.39 is 52.0 Å². The number of hydrogen-bond donors (Lipinski definition) is 1. The van der Waals surface area contributed by atoms with Crippen molar-refractivity contribution in [1.82, 2.24) is 4.90 Å². The van der Waals surface area contributed by atoms with Crippen molar-refractivity contribution in [1.29, 1.82) is 0 Å². The van der Waals surface area contributed by atoms with E-state index in [0.717, 1.165) is 24.3 Å². The Balaban J connectivity index is 2.30. The van der Waals surface area contributed by atoms with Crippen LogP contribution in [0.3, 0.4) is 0 Å². The van der Waals surface area contributed by atoms with E-state index in [9.17, 15) is 34.6 Å². The van der Waals surface area contributed by atoms with Crippen molar-refractivity contribution >= 4 is 39.9 Å². The number of amides is 2. The van der Waals surface area contributed by atoms with Gasteiger partial charge in [0.2, 0.25) is 0 Å². The second-order valence-corrected chi connectivity index (χ2v) is 5.50. The lowest BCUT2D eigenvalue weighted by atomic mass is 9.92. The highest BCUT2D eigenvalue weighted by molar-refractivity contribution is 6.26. The molecule has 0 spiro atoms. The van der Waals surface area contributed by atoms with Crippen LogP contribution in [0.25, 0.3) is 10.8 Å². The van der Waals surface area contributed by atoms with Crippen LogP contribution in [0.5, 0.6) is 0 Å². The Morgan fingerprint density at radius 3 is 1.81 bits per heavy atom. The first-order valence-electron chi connectivity index (χ1n) is 7.19. The van der Waals surface area contributed by atoms with Gasteiger partial charge in [-0.25, -0.2) is 0 Å². The molecule has 2 aromatic rings. The minimum Gasteiger partial charge on any atom is -0.481 e. The molecule has 0 aromatic heterocycles. The van der Waals surface area contributed by atoms with E-state index in [2.05, 4.69) is 0 Å². The Labute approximate surface area is 143 Å². The third kappa shape index (κ3) is 2.60. The zero-order valence-electron chi connectivity index (χ0n) is 12.9. The smallest absolute Gasteiger partial charge is 0.305 e. The number of benzene rings is 2. The summed E-state index contributed by atoms with van der Waals surface area (Å²) in [5.41, 5.74) is -1.30. The molecule has 0 saturated carbocycles. The summed E-state index contributed by atoms with van der Waals surface area (Å²) < 4.78 is 0. The van der Waals surface area contributed by atoms with Crippen molar-refractivity contribution in [3.63, 3.8) is 0 Å². The van der Waals surface area contributed by atoms with Crippen LogP contribution in [0.15, 0.2) is 24.3 Å². The molecule has 1 N–H and O–H groups in total. The lowest BCUT2D eigenvalue weighted by molar-refractivity contribution is -0.385. The van der Waals surface area contributed by atoms with Crippen LogP contribution in [0, 0.1) is 20.2 Å². The molecule has 2 amide bonds. The van der Waals surface area contributed by atoms with Gasteiger partial charge in [0.05, 0.1) is 27.4 Å². The van der Waals surface area contributed by atoms with Crippen LogP contribution in [-0.4, -0.2) is 44.2 Å². The molecule has 0 radical (unpaired) electrons. The standard InChI is InChI=1S/C15H9N3O8/c19-12(20)1-2-16-14(21)10-5-8(17(23)24)3-7-4-9(18(25)26)6-11(13(7)10)15(16)22/h3-6H,1-2H2,(H,19,20). The third-order valence-electron chi connectivity index (χ3n) is 3.94. The second kappa shape index (κ2) is 5.88. The van der Waals surface area contributed by atoms with E-state index in [4.69, 9.17) is 5.11 Å². The minimum atomic E-state index is -1.25. The molecule has 2 aromatic carbocycles. The molecule has 1 heterocycles. The summed E-state index contributed by atoms with van der Waals surface area (Å²) in [6, 6.07) is 4.03. The van der Waals surface area contributed by atoms with Gasteiger partial charge in [-0.3, -0.25) is 39.5 Å². The van der Waals surface area contributed by atoms with Gasteiger partial charge in [0, 0.05) is 36.2 Å². The van der Waals surface area contributed by atoms with Gasteiger partial charge in [-0.2, -0.15) is 0 Å². The van der Waals surface area contributed by atoms with E-state index in [0.29, 0.717) is 4.90 Å². The van der Waals surface area contributed by atoms with Gasteiger partial charge in [0.15, 0.2) is 0 Å². The SMILES string of the molecule is O=C(O)CCN1C(=O)c2cc([N+](=O)[O-])cc3cc([N+](=O)[O-])cc(c23)C1=O. The molecule has 11 nitrogen and oxygen atoms in total. The average Bonchev–Trinajstić information content (AvgIpc) is 2.57. The molecule has 11 heteroatoms. The van der Waals surface area contributed by atoms with Crippen LogP contribution < -0.4 is 0 Å². The predicted octanol–water partition coefficient (Wildman–Crippen LogP) is 1.73. The number of carbonyl (C=O) groups excluding carboxylic acids is 2. The fourth-order valence-electron chi connectivity index (χ4n) is 2.83. The maximum Gasteiger partial charge on any atom is 0.305 e. The van der Waals surface area contributed by atoms with Gasteiger partial charge in [-0.05, 0) is 5.39 Å². The van der Waals surface area contributed by atoms with Gasteiger partial charge in [0.1, 0.15) is 0 Å². The molecule has 0 saturated heterocycles. The lowest BCUT2D eigenvalue weighted by Crippen LogP contribution is -2.41. The minimum absolute atomic E-state index is 0.0120. The van der Waals surface area contributed by atoms with Crippen molar-refractivity contribution in [2.45, 2.75) is 6.42 Å². The Morgan fingerprint density at radius 1 is 0.962 bits per heavy atom. The normalized spacial score (nSPS) is 13.2. The van der Waals surface area contributed by atoms with Gasteiger partial charge in [-0.1, -0.05) is 0 Å². The topological polar surface area (TPSA) is 161 Å². The highest BCUT2D eigenvalue weighted by Crippen LogP contribution is 2.36. The zero-order chi connectivity index (χ0) is 19.2. The Morgan fingerprint density at radius 2 is 1.42 bits per heavy atom. The summed E-state index contributed by atoms with van der Waals surface area (Å²) in [6.45, 7) is -0.459. The molecule has 0 atom stereocenters. The maximum absolute atomic E-state index is 12.6. The quantitative estimate of drug-likeness (QED) is 0.479. The van der Waals surface area contributed by atoms with Gasteiger partial charge in [-0.15, -0.1) is 0 Å². The third-order valence-corrected chi connectivity index (χ3v) is 3.94. The fraction of sp³-hybridized carbons (Fsp3) is 0.133. The second-order valence-electron chi connectivity index (χ2n) is 5.50. The van der Waals surface area contributed by atoms with E-state index in [1.165, 1.54) is 0 Å². The molecule has 1 aliphatic rings. The summed E-state index contributed by atoms with van der Waals surface area (Å²) in [5.74, 6) is -3.02. The molecular formula is C15H9N3O8. The number of rotatable bonds is 5. The molecule has 3 rings (SSSR count). The van der Waals surface area contributed by atoms with E-state index in [1.54, 1.807) is 0 Å². The van der Waals surface area contributed by atoms with Gasteiger partial charge < -0.3 is 5.11 Å². The largest absolute Gasteiger partial charge is 0.481 e. The van der Waals surface area contributed by atoms with Crippen LogP contribution in [0.4, 0.5) is 11.4 Å².